The van der Waals surface area contributed by atoms with Crippen LogP contribution in [0.5, 0.6) is 0 Å². The van der Waals surface area contributed by atoms with E-state index >= 15 is 0 Å². The first-order valence-corrected chi connectivity index (χ1v) is 7.47. The van der Waals surface area contributed by atoms with E-state index in [0.29, 0.717) is 29.7 Å². The number of hydrogen-bond donors (Lipinski definition) is 0. The SMILES string of the molecule is CCn1c(-c2oc(C)nc2C)nnc1S(=O)(=O)Cl. The second-order valence-corrected chi connectivity index (χ2v) is 6.10. The van der Waals surface area contributed by atoms with Gasteiger partial charge in [0.05, 0.1) is 5.69 Å². The predicted octanol–water partition coefficient (Wildman–Crippen LogP) is 1.50. The topological polar surface area (TPSA) is 90.9 Å². The molecule has 0 fully saturated rings. The van der Waals surface area contributed by atoms with Crippen LogP contribution < -0.4 is 0 Å². The van der Waals surface area contributed by atoms with Crippen LogP contribution in [0.25, 0.3) is 11.6 Å². The highest BCUT2D eigenvalue weighted by Gasteiger charge is 2.25. The highest BCUT2D eigenvalue weighted by atomic mass is 35.7. The van der Waals surface area contributed by atoms with Crippen LogP contribution in [0.1, 0.15) is 18.5 Å². The van der Waals surface area contributed by atoms with Gasteiger partial charge in [0.25, 0.3) is 14.2 Å². The number of oxazole rings is 1. The molecule has 2 heterocycles. The van der Waals surface area contributed by atoms with Crippen LogP contribution in [0.4, 0.5) is 0 Å². The Labute approximate surface area is 108 Å². The minimum atomic E-state index is -3.94. The van der Waals surface area contributed by atoms with Crippen molar-refractivity contribution in [3.8, 4) is 11.6 Å². The summed E-state index contributed by atoms with van der Waals surface area (Å²) in [6, 6.07) is 0. The maximum Gasteiger partial charge on any atom is 0.296 e. The molecule has 2 aromatic rings. The summed E-state index contributed by atoms with van der Waals surface area (Å²) in [5.74, 6) is 1.17. The molecule has 0 N–H and O–H groups in total. The normalized spacial score (nSPS) is 12.0. The van der Waals surface area contributed by atoms with Crippen LogP contribution in [0, 0.1) is 13.8 Å². The van der Waals surface area contributed by atoms with E-state index in [-0.39, 0.29) is 5.16 Å². The van der Waals surface area contributed by atoms with Crippen LogP contribution >= 0.6 is 10.7 Å². The molecule has 0 bridgehead atoms. The summed E-state index contributed by atoms with van der Waals surface area (Å²) in [6.45, 7) is 5.55. The summed E-state index contributed by atoms with van der Waals surface area (Å²) in [6.07, 6.45) is 0. The third-order valence-corrected chi connectivity index (χ3v) is 3.51. The lowest BCUT2D eigenvalue weighted by atomic mass is 10.3. The summed E-state index contributed by atoms with van der Waals surface area (Å²) in [7, 11) is 1.35. The molecule has 0 unspecified atom stereocenters. The van der Waals surface area contributed by atoms with Gasteiger partial charge in [0, 0.05) is 24.2 Å². The van der Waals surface area contributed by atoms with Gasteiger partial charge in [-0.25, -0.2) is 13.4 Å². The van der Waals surface area contributed by atoms with Gasteiger partial charge >= 0.3 is 0 Å². The number of aromatic nitrogens is 4. The molecule has 0 aromatic carbocycles. The molecule has 2 rings (SSSR count). The maximum absolute atomic E-state index is 11.3. The first kappa shape index (κ1) is 13.0. The number of halogens is 1. The number of nitrogens with zero attached hydrogens (tertiary/aromatic N) is 4. The molecule has 7 nitrogen and oxygen atoms in total. The zero-order chi connectivity index (χ0) is 13.5. The van der Waals surface area contributed by atoms with E-state index < -0.39 is 9.05 Å². The second kappa shape index (κ2) is 4.36. The smallest absolute Gasteiger partial charge is 0.296 e. The van der Waals surface area contributed by atoms with Crippen LogP contribution in [0.2, 0.25) is 0 Å². The van der Waals surface area contributed by atoms with Gasteiger partial charge in [-0.1, -0.05) is 0 Å². The molecule has 98 valence electrons. The van der Waals surface area contributed by atoms with Gasteiger partial charge in [0.15, 0.2) is 11.7 Å². The summed E-state index contributed by atoms with van der Waals surface area (Å²) >= 11 is 0. The highest BCUT2D eigenvalue weighted by Crippen LogP contribution is 2.25. The van der Waals surface area contributed by atoms with Gasteiger partial charge in [-0.15, -0.1) is 10.2 Å². The largest absolute Gasteiger partial charge is 0.437 e. The fourth-order valence-corrected chi connectivity index (χ4v) is 2.62. The van der Waals surface area contributed by atoms with Crippen molar-refractivity contribution in [1.82, 2.24) is 19.7 Å². The molecule has 2 aromatic heterocycles. The molecule has 0 spiro atoms. The zero-order valence-electron chi connectivity index (χ0n) is 10.0. The van der Waals surface area contributed by atoms with Gasteiger partial charge < -0.3 is 4.42 Å². The van der Waals surface area contributed by atoms with Crippen molar-refractivity contribution in [2.45, 2.75) is 32.5 Å². The summed E-state index contributed by atoms with van der Waals surface area (Å²) in [4.78, 5) is 4.10. The Morgan fingerprint density at radius 1 is 1.33 bits per heavy atom. The summed E-state index contributed by atoms with van der Waals surface area (Å²) in [5, 5.41) is 7.11. The second-order valence-electron chi connectivity index (χ2n) is 3.64. The summed E-state index contributed by atoms with van der Waals surface area (Å²) < 4.78 is 29.5. The van der Waals surface area contributed by atoms with Gasteiger partial charge in [-0.05, 0) is 13.8 Å². The van der Waals surface area contributed by atoms with E-state index in [1.165, 1.54) is 4.57 Å². The van der Waals surface area contributed by atoms with E-state index in [0.717, 1.165) is 0 Å². The monoisotopic (exact) mass is 290 g/mol. The van der Waals surface area contributed by atoms with Gasteiger partial charge in [-0.3, -0.25) is 4.57 Å². The lowest BCUT2D eigenvalue weighted by Crippen LogP contribution is -2.06. The quantitative estimate of drug-likeness (QED) is 0.796. The van der Waals surface area contributed by atoms with Crippen molar-refractivity contribution in [3.05, 3.63) is 11.6 Å². The Hall–Kier alpha value is -1.41. The van der Waals surface area contributed by atoms with Gasteiger partial charge in [-0.2, -0.15) is 0 Å². The molecule has 18 heavy (non-hydrogen) atoms. The molecule has 0 aliphatic carbocycles. The Bertz CT molecular complexity index is 689. The fraction of sp³-hybridized carbons (Fsp3) is 0.444. The molecule has 0 atom stereocenters. The van der Waals surface area contributed by atoms with E-state index in [2.05, 4.69) is 15.2 Å². The van der Waals surface area contributed by atoms with E-state index in [9.17, 15) is 8.42 Å². The fourth-order valence-electron chi connectivity index (χ4n) is 1.66. The average Bonchev–Trinajstić information content (AvgIpc) is 2.79. The highest BCUT2D eigenvalue weighted by molar-refractivity contribution is 8.13. The van der Waals surface area contributed by atoms with Crippen LogP contribution in [0.3, 0.4) is 0 Å². The molecule has 0 aliphatic heterocycles. The van der Waals surface area contributed by atoms with Gasteiger partial charge in [0.1, 0.15) is 0 Å². The first-order valence-electron chi connectivity index (χ1n) is 5.16. The molecule has 0 saturated carbocycles. The van der Waals surface area contributed by atoms with Gasteiger partial charge in [0.2, 0.25) is 5.82 Å². The number of rotatable bonds is 3. The van der Waals surface area contributed by atoms with Crippen LogP contribution in [-0.4, -0.2) is 28.2 Å². The van der Waals surface area contributed by atoms with Crippen molar-refractivity contribution in [3.63, 3.8) is 0 Å². The number of hydrogen-bond acceptors (Lipinski definition) is 6. The van der Waals surface area contributed by atoms with Crippen LogP contribution in [0.15, 0.2) is 9.57 Å². The minimum Gasteiger partial charge on any atom is -0.437 e. The molecular formula is C9H11ClN4O3S. The lowest BCUT2D eigenvalue weighted by molar-refractivity contribution is 0.523. The lowest BCUT2D eigenvalue weighted by Gasteiger charge is -2.03. The van der Waals surface area contributed by atoms with Crippen molar-refractivity contribution in [2.75, 3.05) is 0 Å². The molecule has 0 radical (unpaired) electrons. The molecule has 0 amide bonds. The average molecular weight is 291 g/mol. The predicted molar refractivity (Wildman–Crippen MR) is 63.7 cm³/mol. The van der Waals surface area contributed by atoms with Crippen LogP contribution in [-0.2, 0) is 15.6 Å². The molecule has 9 heteroatoms. The van der Waals surface area contributed by atoms with E-state index in [4.69, 9.17) is 15.1 Å². The van der Waals surface area contributed by atoms with E-state index in [1.807, 2.05) is 0 Å². The first-order chi connectivity index (χ1) is 8.34. The van der Waals surface area contributed by atoms with Crippen molar-refractivity contribution >= 4 is 19.7 Å². The Morgan fingerprint density at radius 3 is 2.44 bits per heavy atom. The third kappa shape index (κ3) is 2.13. The third-order valence-electron chi connectivity index (χ3n) is 2.36. The van der Waals surface area contributed by atoms with E-state index in [1.54, 1.807) is 20.8 Å². The molecular weight excluding hydrogens is 280 g/mol. The molecule has 0 aliphatic rings. The maximum atomic E-state index is 11.3. The Morgan fingerprint density at radius 2 is 2.00 bits per heavy atom. The van der Waals surface area contributed by atoms with Crippen molar-refractivity contribution < 1.29 is 12.8 Å². The number of aryl methyl sites for hydroxylation is 2. The standard InChI is InChI=1S/C9H11ClN4O3S/c1-4-14-8(7-5(2)11-6(3)17-7)12-13-9(14)18(10,15)16/h4H2,1-3H3. The minimum absolute atomic E-state index is 0.296. The Balaban J connectivity index is 2.67. The summed E-state index contributed by atoms with van der Waals surface area (Å²) in [5.41, 5.74) is 0.619. The zero-order valence-corrected chi connectivity index (χ0v) is 11.6. The van der Waals surface area contributed by atoms with Crippen molar-refractivity contribution in [2.24, 2.45) is 0 Å². The molecule has 0 saturated heterocycles. The van der Waals surface area contributed by atoms with Crippen molar-refractivity contribution in [1.29, 1.82) is 0 Å². The Kier molecular flexibility index (Phi) is 3.16.